The monoisotopic (exact) mass is 481 g/mol. The summed E-state index contributed by atoms with van der Waals surface area (Å²) in [4.78, 5) is 25.3. The molecule has 1 amide bonds. The number of aryl methyl sites for hydroxylation is 3. The fourth-order valence-corrected chi connectivity index (χ4v) is 5.20. The zero-order chi connectivity index (χ0) is 24.8. The number of piperidine rings is 1. The summed E-state index contributed by atoms with van der Waals surface area (Å²) < 4.78 is 8.16. The molecular weight excluding hydrogens is 450 g/mol. The smallest absolute Gasteiger partial charge is 0.254 e. The first kappa shape index (κ1) is 22.7. The summed E-state index contributed by atoms with van der Waals surface area (Å²) >= 11 is 0. The number of carbonyl (C=O) groups excluding carboxylic acids is 1. The van der Waals surface area contributed by atoms with Gasteiger partial charge in [0.05, 0.1) is 16.6 Å². The van der Waals surface area contributed by atoms with Gasteiger partial charge in [-0.1, -0.05) is 24.3 Å². The van der Waals surface area contributed by atoms with Gasteiger partial charge in [-0.15, -0.1) is 0 Å². The zero-order valence-corrected chi connectivity index (χ0v) is 21.1. The van der Waals surface area contributed by atoms with Crippen LogP contribution in [0.5, 0.6) is 5.75 Å². The maximum atomic E-state index is 13.9. The van der Waals surface area contributed by atoms with Crippen molar-refractivity contribution in [2.24, 2.45) is 0 Å². The quantitative estimate of drug-likeness (QED) is 0.387. The molecule has 3 aromatic heterocycles. The maximum Gasteiger partial charge on any atom is 0.254 e. The van der Waals surface area contributed by atoms with Crippen LogP contribution < -0.4 is 4.74 Å². The number of fused-ring (bicyclic) bond motifs is 1. The average Bonchev–Trinajstić information content (AvgIpc) is 3.70. The van der Waals surface area contributed by atoms with E-state index in [0.29, 0.717) is 36.0 Å². The maximum absolute atomic E-state index is 13.9. The van der Waals surface area contributed by atoms with Crippen LogP contribution in [0.1, 0.15) is 64.5 Å². The molecule has 1 saturated heterocycles. The van der Waals surface area contributed by atoms with Crippen molar-refractivity contribution in [3.63, 3.8) is 0 Å². The van der Waals surface area contributed by atoms with E-state index in [9.17, 15) is 4.79 Å². The van der Waals surface area contributed by atoms with Crippen LogP contribution in [0.2, 0.25) is 0 Å². The predicted octanol–water partition coefficient (Wildman–Crippen LogP) is 5.30. The van der Waals surface area contributed by atoms with Gasteiger partial charge in [-0.05, 0) is 62.9 Å². The molecule has 1 saturated carbocycles. The van der Waals surface area contributed by atoms with Crippen LogP contribution in [0.15, 0.2) is 48.7 Å². The van der Waals surface area contributed by atoms with E-state index >= 15 is 0 Å². The minimum atomic E-state index is 0.0542. The molecule has 6 rings (SSSR count). The van der Waals surface area contributed by atoms with Gasteiger partial charge in [-0.3, -0.25) is 4.79 Å². The van der Waals surface area contributed by atoms with Crippen molar-refractivity contribution in [2.75, 3.05) is 13.1 Å². The van der Waals surface area contributed by atoms with E-state index in [-0.39, 0.29) is 12.0 Å². The Morgan fingerprint density at radius 1 is 0.972 bits per heavy atom. The molecule has 7 nitrogen and oxygen atoms in total. The molecule has 0 unspecified atom stereocenters. The zero-order valence-electron chi connectivity index (χ0n) is 21.1. The van der Waals surface area contributed by atoms with Gasteiger partial charge >= 0.3 is 0 Å². The van der Waals surface area contributed by atoms with Gasteiger partial charge in [0.2, 0.25) is 0 Å². The van der Waals surface area contributed by atoms with E-state index in [2.05, 4.69) is 37.0 Å². The molecule has 1 aliphatic heterocycles. The fraction of sp³-hybridized carbons (Fsp3) is 0.379. The Kier molecular flexibility index (Phi) is 5.70. The number of para-hydroxylation sites is 1. The van der Waals surface area contributed by atoms with E-state index in [1.807, 2.05) is 36.1 Å². The molecule has 1 aromatic carbocycles. The Morgan fingerprint density at radius 2 is 1.72 bits per heavy atom. The van der Waals surface area contributed by atoms with Gasteiger partial charge in [-0.25, -0.2) is 9.97 Å². The molecule has 184 valence electrons. The van der Waals surface area contributed by atoms with Gasteiger partial charge in [-0.2, -0.15) is 9.78 Å². The van der Waals surface area contributed by atoms with Crippen LogP contribution in [0.3, 0.4) is 0 Å². The van der Waals surface area contributed by atoms with E-state index < -0.39 is 0 Å². The van der Waals surface area contributed by atoms with Gasteiger partial charge in [0.15, 0.2) is 11.5 Å². The number of hydrogen-bond donors (Lipinski definition) is 0. The normalized spacial score (nSPS) is 16.5. The van der Waals surface area contributed by atoms with Crippen LogP contribution in [0.25, 0.3) is 16.9 Å². The Morgan fingerprint density at radius 3 is 2.39 bits per heavy atom. The summed E-state index contributed by atoms with van der Waals surface area (Å²) in [6.07, 6.45) is 5.72. The third-order valence-electron chi connectivity index (χ3n) is 7.35. The molecule has 0 N–H and O–H groups in total. The third kappa shape index (κ3) is 4.12. The van der Waals surface area contributed by atoms with Gasteiger partial charge in [0.1, 0.15) is 11.9 Å². The van der Waals surface area contributed by atoms with Crippen molar-refractivity contribution in [1.82, 2.24) is 24.6 Å². The van der Waals surface area contributed by atoms with Crippen molar-refractivity contribution in [2.45, 2.75) is 58.5 Å². The number of likely N-dealkylation sites (tertiary alicyclic amines) is 1. The first-order chi connectivity index (χ1) is 17.5. The second-order valence-corrected chi connectivity index (χ2v) is 10.1. The molecular formula is C29H31N5O2. The van der Waals surface area contributed by atoms with Gasteiger partial charge < -0.3 is 9.64 Å². The molecule has 1 aliphatic carbocycles. The van der Waals surface area contributed by atoms with Gasteiger partial charge in [0.25, 0.3) is 5.91 Å². The van der Waals surface area contributed by atoms with E-state index in [1.54, 1.807) is 10.9 Å². The molecule has 0 spiro atoms. The van der Waals surface area contributed by atoms with Crippen molar-refractivity contribution in [3.05, 3.63) is 76.7 Å². The number of rotatable bonds is 5. The number of carbonyl (C=O) groups is 1. The molecule has 0 bridgehead atoms. The molecule has 2 aliphatic rings. The standard InChI is InChI=1S/C29H31N5O2/c1-18-7-6-8-19(2)27(18)36-22-12-15-33(16-13-22)29(35)23-17-24(21-10-11-21)31-28-26(23)20(3)32-34(28)25-9-4-5-14-30-25/h4-9,14,17,21-22H,10-13,15-16H2,1-3H3. The largest absolute Gasteiger partial charge is 0.490 e. The van der Waals surface area contributed by atoms with Crippen molar-refractivity contribution >= 4 is 16.9 Å². The summed E-state index contributed by atoms with van der Waals surface area (Å²) in [5.74, 6) is 2.16. The van der Waals surface area contributed by atoms with Crippen molar-refractivity contribution in [3.8, 4) is 11.6 Å². The molecule has 0 atom stereocenters. The van der Waals surface area contributed by atoms with Crippen LogP contribution in [0, 0.1) is 20.8 Å². The van der Waals surface area contributed by atoms with E-state index in [1.165, 1.54) is 0 Å². The number of aromatic nitrogens is 4. The summed E-state index contributed by atoms with van der Waals surface area (Å²) in [5, 5.41) is 5.57. The number of hydrogen-bond acceptors (Lipinski definition) is 5. The van der Waals surface area contributed by atoms with Crippen LogP contribution in [-0.4, -0.2) is 49.7 Å². The Bertz CT molecular complexity index is 1410. The second-order valence-electron chi connectivity index (χ2n) is 10.1. The Hall–Kier alpha value is -3.74. The molecule has 4 aromatic rings. The third-order valence-corrected chi connectivity index (χ3v) is 7.35. The summed E-state index contributed by atoms with van der Waals surface area (Å²) in [6.45, 7) is 7.46. The fourth-order valence-electron chi connectivity index (χ4n) is 5.20. The van der Waals surface area contributed by atoms with Gasteiger partial charge in [0, 0.05) is 43.7 Å². The second kappa shape index (κ2) is 9.04. The minimum absolute atomic E-state index is 0.0542. The molecule has 0 radical (unpaired) electrons. The number of ether oxygens (including phenoxy) is 1. The number of benzene rings is 1. The lowest BCUT2D eigenvalue weighted by Crippen LogP contribution is -2.42. The SMILES string of the molecule is Cc1cccc(C)c1OC1CCN(C(=O)c2cc(C3CC3)nc3c2c(C)nn3-c2ccccn2)CC1. The summed E-state index contributed by atoms with van der Waals surface area (Å²) in [5.41, 5.74) is 5.50. The molecule has 7 heteroatoms. The van der Waals surface area contributed by atoms with Crippen molar-refractivity contribution in [1.29, 1.82) is 0 Å². The Balaban J connectivity index is 1.28. The summed E-state index contributed by atoms with van der Waals surface area (Å²) in [6, 6.07) is 14.0. The number of pyridine rings is 2. The molecule has 2 fully saturated rings. The highest BCUT2D eigenvalue weighted by molar-refractivity contribution is 6.06. The highest BCUT2D eigenvalue weighted by atomic mass is 16.5. The highest BCUT2D eigenvalue weighted by Crippen LogP contribution is 2.41. The average molecular weight is 482 g/mol. The van der Waals surface area contributed by atoms with Crippen LogP contribution in [-0.2, 0) is 0 Å². The Labute approximate surface area is 211 Å². The number of amides is 1. The first-order valence-corrected chi connectivity index (χ1v) is 12.8. The lowest BCUT2D eigenvalue weighted by Gasteiger charge is -2.33. The predicted molar refractivity (Wildman–Crippen MR) is 139 cm³/mol. The van der Waals surface area contributed by atoms with Crippen LogP contribution >= 0.6 is 0 Å². The lowest BCUT2D eigenvalue weighted by molar-refractivity contribution is 0.0594. The topological polar surface area (TPSA) is 73.1 Å². The first-order valence-electron chi connectivity index (χ1n) is 12.8. The molecule has 36 heavy (non-hydrogen) atoms. The van der Waals surface area contributed by atoms with E-state index in [4.69, 9.17) is 14.8 Å². The number of nitrogens with zero attached hydrogens (tertiary/aromatic N) is 5. The van der Waals surface area contributed by atoms with Crippen molar-refractivity contribution < 1.29 is 9.53 Å². The van der Waals surface area contributed by atoms with E-state index in [0.717, 1.165) is 59.3 Å². The molecule has 4 heterocycles. The lowest BCUT2D eigenvalue weighted by atomic mass is 10.0. The van der Waals surface area contributed by atoms with Crippen LogP contribution in [0.4, 0.5) is 0 Å². The highest BCUT2D eigenvalue weighted by Gasteiger charge is 2.32. The minimum Gasteiger partial charge on any atom is -0.490 e. The summed E-state index contributed by atoms with van der Waals surface area (Å²) in [7, 11) is 0.